The molecule has 5 N–H and O–H groups in total. The number of nitrogens with zero attached hydrogens (tertiary/aromatic N) is 1. The van der Waals surface area contributed by atoms with Crippen LogP contribution in [0.3, 0.4) is 0 Å². The highest BCUT2D eigenvalue weighted by molar-refractivity contribution is 5.95. The van der Waals surface area contributed by atoms with Crippen LogP contribution in [0.1, 0.15) is 50.4 Å². The van der Waals surface area contributed by atoms with Crippen LogP contribution in [0.5, 0.6) is 17.2 Å². The Morgan fingerprint density at radius 1 is 0.848 bits per heavy atom. The number of amides is 1. The second-order valence-corrected chi connectivity index (χ2v) is 7.83. The second-order valence-electron chi connectivity index (χ2n) is 7.83. The van der Waals surface area contributed by atoms with E-state index in [1.165, 1.54) is 11.9 Å². The Balaban J connectivity index is 3.16. The minimum absolute atomic E-state index is 0.233. The molecule has 190 valence electrons. The van der Waals surface area contributed by atoms with E-state index >= 15 is 0 Å². The van der Waals surface area contributed by atoms with Crippen molar-refractivity contribution in [2.45, 2.75) is 64.4 Å². The predicted molar refractivity (Wildman–Crippen MR) is 122 cm³/mol. The number of hydrogen-bond acceptors (Lipinski definition) is 9. The monoisotopic (exact) mass is 473 g/mol. The van der Waals surface area contributed by atoms with Crippen molar-refractivity contribution in [2.24, 2.45) is 0 Å². The molecule has 0 heterocycles. The number of carbonyl (C=O) groups is 1. The first-order chi connectivity index (χ1) is 15.7. The van der Waals surface area contributed by atoms with E-state index in [4.69, 9.17) is 19.3 Å². The van der Waals surface area contributed by atoms with Crippen molar-refractivity contribution in [3.63, 3.8) is 0 Å². The summed E-state index contributed by atoms with van der Waals surface area (Å²) in [5.41, 5.74) is 0.233. The molecule has 0 spiro atoms. The van der Waals surface area contributed by atoms with Crippen LogP contribution >= 0.6 is 0 Å². The maximum Gasteiger partial charge on any atom is 0.253 e. The zero-order valence-corrected chi connectivity index (χ0v) is 19.9. The van der Waals surface area contributed by atoms with Crippen molar-refractivity contribution >= 4 is 5.91 Å². The molecule has 0 bridgehead atoms. The average molecular weight is 474 g/mol. The zero-order chi connectivity index (χ0) is 25.0. The molecular formula is C23H39NO9. The number of hydrogen-bond donors (Lipinski definition) is 5. The first-order valence-corrected chi connectivity index (χ1v) is 11.4. The fraction of sp³-hybridized carbons (Fsp3) is 0.696. The first-order valence-electron chi connectivity index (χ1n) is 11.4. The molecule has 0 saturated heterocycles. The molecule has 0 unspecified atom stereocenters. The Labute approximate surface area is 195 Å². The van der Waals surface area contributed by atoms with E-state index in [0.29, 0.717) is 37.1 Å². The van der Waals surface area contributed by atoms with Crippen molar-refractivity contribution < 1.29 is 44.5 Å². The molecule has 10 nitrogen and oxygen atoms in total. The van der Waals surface area contributed by atoms with E-state index in [1.807, 2.05) is 20.8 Å². The second kappa shape index (κ2) is 14.9. The molecule has 4 atom stereocenters. The molecule has 1 aromatic rings. The summed E-state index contributed by atoms with van der Waals surface area (Å²) >= 11 is 0. The Bertz CT molecular complexity index is 686. The normalized spacial score (nSPS) is 14.8. The van der Waals surface area contributed by atoms with Crippen LogP contribution in [-0.4, -0.2) is 101 Å². The van der Waals surface area contributed by atoms with Gasteiger partial charge < -0.3 is 44.6 Å². The van der Waals surface area contributed by atoms with Crippen LogP contribution in [-0.2, 0) is 0 Å². The molecule has 0 aliphatic rings. The molecule has 33 heavy (non-hydrogen) atoms. The summed E-state index contributed by atoms with van der Waals surface area (Å²) in [5.74, 6) is 0.688. The predicted octanol–water partition coefficient (Wildman–Crippen LogP) is 0.561. The van der Waals surface area contributed by atoms with Crippen LogP contribution in [0, 0.1) is 0 Å². The van der Waals surface area contributed by atoms with Gasteiger partial charge in [-0.3, -0.25) is 4.79 Å². The quantitative estimate of drug-likeness (QED) is 0.232. The number of carbonyl (C=O) groups excluding carboxylic acids is 1. The van der Waals surface area contributed by atoms with E-state index in [-0.39, 0.29) is 12.1 Å². The maximum atomic E-state index is 13.1. The Morgan fingerprint density at radius 3 is 1.76 bits per heavy atom. The van der Waals surface area contributed by atoms with Crippen LogP contribution in [0.2, 0.25) is 0 Å². The lowest BCUT2D eigenvalue weighted by Gasteiger charge is -2.28. The van der Waals surface area contributed by atoms with Crippen LogP contribution in [0.15, 0.2) is 12.1 Å². The first kappa shape index (κ1) is 28.9. The van der Waals surface area contributed by atoms with Crippen LogP contribution < -0.4 is 14.2 Å². The largest absolute Gasteiger partial charge is 0.490 e. The third-order valence-electron chi connectivity index (χ3n) is 4.77. The highest BCUT2D eigenvalue weighted by Crippen LogP contribution is 2.39. The molecule has 0 aliphatic heterocycles. The lowest BCUT2D eigenvalue weighted by atomic mass is 10.0. The van der Waals surface area contributed by atoms with Crippen molar-refractivity contribution in [3.05, 3.63) is 17.7 Å². The third kappa shape index (κ3) is 8.63. The Kier molecular flexibility index (Phi) is 13.1. The smallest absolute Gasteiger partial charge is 0.253 e. The molecule has 10 heteroatoms. The fourth-order valence-electron chi connectivity index (χ4n) is 2.94. The summed E-state index contributed by atoms with van der Waals surface area (Å²) < 4.78 is 17.5. The molecular weight excluding hydrogens is 434 g/mol. The van der Waals surface area contributed by atoms with E-state index < -0.39 is 36.9 Å². The molecule has 1 amide bonds. The van der Waals surface area contributed by atoms with E-state index in [2.05, 4.69) is 0 Å². The van der Waals surface area contributed by atoms with Crippen molar-refractivity contribution in [3.8, 4) is 17.2 Å². The van der Waals surface area contributed by atoms with Gasteiger partial charge in [0.15, 0.2) is 11.5 Å². The zero-order valence-electron chi connectivity index (χ0n) is 19.9. The van der Waals surface area contributed by atoms with Gasteiger partial charge >= 0.3 is 0 Å². The van der Waals surface area contributed by atoms with Gasteiger partial charge in [-0.05, 0) is 31.4 Å². The van der Waals surface area contributed by atoms with E-state index in [0.717, 1.165) is 19.3 Å². The highest BCUT2D eigenvalue weighted by atomic mass is 16.5. The molecule has 1 rings (SSSR count). The highest BCUT2D eigenvalue weighted by Gasteiger charge is 2.31. The lowest BCUT2D eigenvalue weighted by Crippen LogP contribution is -2.49. The number of ether oxygens (including phenoxy) is 3. The molecule has 1 aromatic carbocycles. The molecule has 0 saturated carbocycles. The third-order valence-corrected chi connectivity index (χ3v) is 4.77. The molecule has 0 fully saturated rings. The fourth-order valence-corrected chi connectivity index (χ4v) is 2.94. The van der Waals surface area contributed by atoms with Crippen molar-refractivity contribution in [1.29, 1.82) is 0 Å². The van der Waals surface area contributed by atoms with Crippen LogP contribution in [0.25, 0.3) is 0 Å². The van der Waals surface area contributed by atoms with E-state index in [1.54, 1.807) is 12.1 Å². The lowest BCUT2D eigenvalue weighted by molar-refractivity contribution is -0.117. The molecule has 0 aliphatic carbocycles. The standard InChI is InChI=1S/C23H39NO9/c1-5-8-31-18-11-15(12-19(32-9-6-2)22(18)33-10-7-3)23(30)24(4)13-16(26)20(28)21(29)17(27)14-25/h11-12,16-17,20-21,25-29H,5-10,13-14H2,1-4H3/t16-,17+,20+,21+/m0/s1. The van der Waals surface area contributed by atoms with Gasteiger partial charge in [-0.25, -0.2) is 0 Å². The summed E-state index contributed by atoms with van der Waals surface area (Å²) in [4.78, 5) is 14.2. The van der Waals surface area contributed by atoms with Gasteiger partial charge in [0.2, 0.25) is 5.75 Å². The summed E-state index contributed by atoms with van der Waals surface area (Å²) in [6.07, 6.45) is -4.44. The van der Waals surface area contributed by atoms with Gasteiger partial charge in [-0.1, -0.05) is 20.8 Å². The Morgan fingerprint density at radius 2 is 1.30 bits per heavy atom. The summed E-state index contributed by atoms with van der Waals surface area (Å²) in [6.45, 7) is 6.05. The van der Waals surface area contributed by atoms with Crippen molar-refractivity contribution in [1.82, 2.24) is 4.90 Å². The minimum atomic E-state index is -1.77. The van der Waals surface area contributed by atoms with Gasteiger partial charge in [0.1, 0.15) is 24.4 Å². The SMILES string of the molecule is CCCOc1cc(C(=O)N(C)C[C@H](O)[C@@H](O)[C@H](O)[C@H](O)CO)cc(OCCC)c1OCCC. The van der Waals surface area contributed by atoms with Crippen LogP contribution in [0.4, 0.5) is 0 Å². The molecule has 0 aromatic heterocycles. The summed E-state index contributed by atoms with van der Waals surface area (Å²) in [7, 11) is 1.42. The number of aliphatic hydroxyl groups excluding tert-OH is 5. The van der Waals surface area contributed by atoms with E-state index in [9.17, 15) is 25.2 Å². The van der Waals surface area contributed by atoms with Gasteiger partial charge in [-0.15, -0.1) is 0 Å². The maximum absolute atomic E-state index is 13.1. The van der Waals surface area contributed by atoms with Crippen molar-refractivity contribution in [2.75, 3.05) is 40.0 Å². The number of aliphatic hydroxyl groups is 5. The van der Waals surface area contributed by atoms with Gasteiger partial charge in [0.05, 0.1) is 26.4 Å². The summed E-state index contributed by atoms with van der Waals surface area (Å²) in [5, 5.41) is 48.4. The Hall–Kier alpha value is -2.11. The number of rotatable bonds is 16. The topological polar surface area (TPSA) is 149 Å². The average Bonchev–Trinajstić information content (AvgIpc) is 2.82. The number of benzene rings is 1. The molecule has 0 radical (unpaired) electrons. The number of likely N-dealkylation sites (N-methyl/N-ethyl adjacent to an activating group) is 1. The minimum Gasteiger partial charge on any atom is -0.490 e. The van der Waals surface area contributed by atoms with Gasteiger partial charge in [0.25, 0.3) is 5.91 Å². The summed E-state index contributed by atoms with van der Waals surface area (Å²) in [6, 6.07) is 3.09. The van der Waals surface area contributed by atoms with Gasteiger partial charge in [-0.2, -0.15) is 0 Å². The van der Waals surface area contributed by atoms with Gasteiger partial charge in [0, 0.05) is 19.2 Å².